The number of aryl methyl sites for hydroxylation is 1. The van der Waals surface area contributed by atoms with E-state index in [1.54, 1.807) is 11.3 Å². The largest absolute Gasteiger partial charge is 0.370 e. The maximum atomic E-state index is 5.81. The van der Waals surface area contributed by atoms with Gasteiger partial charge in [0.15, 0.2) is 5.96 Å². The highest BCUT2D eigenvalue weighted by Gasteiger charge is 2.09. The summed E-state index contributed by atoms with van der Waals surface area (Å²) in [5.74, 6) is 0.517. The molecule has 0 radical (unpaired) electrons. The molecular weight excluding hydrogens is 218 g/mol. The van der Waals surface area contributed by atoms with Gasteiger partial charge in [-0.15, -0.1) is 11.3 Å². The molecule has 0 aliphatic heterocycles. The summed E-state index contributed by atoms with van der Waals surface area (Å²) in [6.45, 7) is 9.04. The van der Waals surface area contributed by atoms with E-state index in [1.807, 2.05) is 0 Å². The Hall–Kier alpha value is -1.03. The molecule has 1 heterocycles. The van der Waals surface area contributed by atoms with Crippen LogP contribution >= 0.6 is 11.3 Å². The number of nitrogens with two attached hydrogens (primary N) is 1. The van der Waals surface area contributed by atoms with Gasteiger partial charge in [-0.25, -0.2) is 4.99 Å². The van der Waals surface area contributed by atoms with E-state index in [0.717, 1.165) is 6.42 Å². The molecule has 0 spiro atoms. The Bertz CT molecular complexity index is 361. The minimum atomic E-state index is -0.0311. The molecule has 0 fully saturated rings. The molecule has 4 heteroatoms. The summed E-state index contributed by atoms with van der Waals surface area (Å²) < 4.78 is 0. The standard InChI is InChI=1S/C12H21N3S/c1-5-9-6-7-16-10(9)8-14-11(13)15-12(2,3)4/h6-7H,5,8H2,1-4H3,(H3,13,14,15). The van der Waals surface area contributed by atoms with Crippen LogP contribution < -0.4 is 11.1 Å². The van der Waals surface area contributed by atoms with Crippen LogP contribution in [0.4, 0.5) is 0 Å². The second kappa shape index (κ2) is 5.34. The first kappa shape index (κ1) is 13.0. The molecule has 0 saturated heterocycles. The summed E-state index contributed by atoms with van der Waals surface area (Å²) in [4.78, 5) is 5.66. The van der Waals surface area contributed by atoms with Crippen LogP contribution in [0.15, 0.2) is 16.4 Å². The lowest BCUT2D eigenvalue weighted by molar-refractivity contribution is 0.508. The monoisotopic (exact) mass is 239 g/mol. The molecule has 1 aromatic heterocycles. The van der Waals surface area contributed by atoms with Crippen LogP contribution in [0.3, 0.4) is 0 Å². The van der Waals surface area contributed by atoms with E-state index in [2.05, 4.69) is 49.5 Å². The van der Waals surface area contributed by atoms with Crippen molar-refractivity contribution in [3.8, 4) is 0 Å². The quantitative estimate of drug-likeness (QED) is 0.629. The van der Waals surface area contributed by atoms with E-state index in [1.165, 1.54) is 10.4 Å². The zero-order valence-electron chi connectivity index (χ0n) is 10.5. The molecule has 3 nitrogen and oxygen atoms in total. The summed E-state index contributed by atoms with van der Waals surface area (Å²) in [7, 11) is 0. The van der Waals surface area contributed by atoms with Crippen LogP contribution in [0, 0.1) is 0 Å². The van der Waals surface area contributed by atoms with Gasteiger partial charge >= 0.3 is 0 Å². The van der Waals surface area contributed by atoms with Crippen molar-refractivity contribution in [2.24, 2.45) is 10.7 Å². The molecule has 0 aliphatic rings. The van der Waals surface area contributed by atoms with Crippen LogP contribution in [-0.4, -0.2) is 11.5 Å². The van der Waals surface area contributed by atoms with E-state index in [-0.39, 0.29) is 5.54 Å². The smallest absolute Gasteiger partial charge is 0.189 e. The highest BCUT2D eigenvalue weighted by atomic mass is 32.1. The second-order valence-corrected chi connectivity index (χ2v) is 5.80. The lowest BCUT2D eigenvalue weighted by atomic mass is 10.1. The van der Waals surface area contributed by atoms with Crippen molar-refractivity contribution in [1.82, 2.24) is 5.32 Å². The first-order chi connectivity index (χ1) is 7.42. The first-order valence-electron chi connectivity index (χ1n) is 5.55. The highest BCUT2D eigenvalue weighted by Crippen LogP contribution is 2.18. The zero-order valence-corrected chi connectivity index (χ0v) is 11.3. The van der Waals surface area contributed by atoms with E-state index in [0.29, 0.717) is 12.5 Å². The molecule has 0 unspecified atom stereocenters. The van der Waals surface area contributed by atoms with Gasteiger partial charge in [0.25, 0.3) is 0 Å². The lowest BCUT2D eigenvalue weighted by Crippen LogP contribution is -2.44. The molecule has 0 saturated carbocycles. The first-order valence-corrected chi connectivity index (χ1v) is 6.43. The minimum absolute atomic E-state index is 0.0311. The van der Waals surface area contributed by atoms with Crippen LogP contribution in [0.1, 0.15) is 38.1 Å². The Labute approximate surface area is 102 Å². The Morgan fingerprint density at radius 2 is 2.19 bits per heavy atom. The minimum Gasteiger partial charge on any atom is -0.370 e. The molecule has 1 aromatic rings. The van der Waals surface area contributed by atoms with Gasteiger partial charge in [0.05, 0.1) is 6.54 Å². The summed E-state index contributed by atoms with van der Waals surface area (Å²) in [6.07, 6.45) is 1.06. The van der Waals surface area contributed by atoms with Gasteiger partial charge in [-0.2, -0.15) is 0 Å². The van der Waals surface area contributed by atoms with Gasteiger partial charge in [-0.05, 0) is 44.2 Å². The van der Waals surface area contributed by atoms with Crippen LogP contribution in [0.2, 0.25) is 0 Å². The molecule has 0 amide bonds. The Morgan fingerprint density at radius 3 is 2.75 bits per heavy atom. The number of hydrogen-bond acceptors (Lipinski definition) is 2. The SMILES string of the molecule is CCc1ccsc1CN=C(N)NC(C)(C)C. The molecule has 0 bridgehead atoms. The van der Waals surface area contributed by atoms with Gasteiger partial charge < -0.3 is 11.1 Å². The van der Waals surface area contributed by atoms with Gasteiger partial charge in [0.2, 0.25) is 0 Å². The van der Waals surface area contributed by atoms with Crippen molar-refractivity contribution in [2.75, 3.05) is 0 Å². The third kappa shape index (κ3) is 4.23. The van der Waals surface area contributed by atoms with Crippen molar-refractivity contribution in [2.45, 2.75) is 46.2 Å². The van der Waals surface area contributed by atoms with Crippen molar-refractivity contribution in [3.63, 3.8) is 0 Å². The highest BCUT2D eigenvalue weighted by molar-refractivity contribution is 7.10. The molecule has 90 valence electrons. The number of rotatable bonds is 3. The Balaban J connectivity index is 2.59. The fourth-order valence-corrected chi connectivity index (χ4v) is 2.30. The van der Waals surface area contributed by atoms with Crippen molar-refractivity contribution >= 4 is 17.3 Å². The fraction of sp³-hybridized carbons (Fsp3) is 0.583. The van der Waals surface area contributed by atoms with Crippen LogP contribution in [0.5, 0.6) is 0 Å². The summed E-state index contributed by atoms with van der Waals surface area (Å²) in [6, 6.07) is 2.16. The van der Waals surface area contributed by atoms with E-state index in [9.17, 15) is 0 Å². The lowest BCUT2D eigenvalue weighted by Gasteiger charge is -2.20. The summed E-state index contributed by atoms with van der Waals surface area (Å²) in [5, 5.41) is 5.26. The van der Waals surface area contributed by atoms with Crippen LogP contribution in [0.25, 0.3) is 0 Å². The summed E-state index contributed by atoms with van der Waals surface area (Å²) >= 11 is 1.74. The molecule has 3 N–H and O–H groups in total. The molecule has 16 heavy (non-hydrogen) atoms. The van der Waals surface area contributed by atoms with Crippen molar-refractivity contribution in [3.05, 3.63) is 21.9 Å². The second-order valence-electron chi connectivity index (χ2n) is 4.80. The van der Waals surface area contributed by atoms with Crippen molar-refractivity contribution in [1.29, 1.82) is 0 Å². The zero-order chi connectivity index (χ0) is 12.2. The van der Waals surface area contributed by atoms with E-state index < -0.39 is 0 Å². The van der Waals surface area contributed by atoms with Crippen LogP contribution in [-0.2, 0) is 13.0 Å². The van der Waals surface area contributed by atoms with Crippen molar-refractivity contribution < 1.29 is 0 Å². The maximum Gasteiger partial charge on any atom is 0.189 e. The summed E-state index contributed by atoms with van der Waals surface area (Å²) in [5.41, 5.74) is 7.15. The van der Waals surface area contributed by atoms with E-state index >= 15 is 0 Å². The predicted octanol–water partition coefficient (Wildman–Crippen LogP) is 2.51. The van der Waals surface area contributed by atoms with E-state index in [4.69, 9.17) is 5.73 Å². The normalized spacial score (nSPS) is 12.9. The van der Waals surface area contributed by atoms with Gasteiger partial charge in [-0.1, -0.05) is 6.92 Å². The average molecular weight is 239 g/mol. The predicted molar refractivity (Wildman–Crippen MR) is 71.9 cm³/mol. The average Bonchev–Trinajstić information content (AvgIpc) is 2.59. The number of guanidine groups is 1. The molecule has 0 atom stereocenters. The number of nitrogens with one attached hydrogen (secondary N) is 1. The maximum absolute atomic E-state index is 5.81. The number of aliphatic imine (C=N–C) groups is 1. The third-order valence-corrected chi connectivity index (χ3v) is 3.06. The topological polar surface area (TPSA) is 50.4 Å². The third-order valence-electron chi connectivity index (χ3n) is 2.11. The fourth-order valence-electron chi connectivity index (χ4n) is 1.40. The van der Waals surface area contributed by atoms with Gasteiger partial charge in [0.1, 0.15) is 0 Å². The van der Waals surface area contributed by atoms with Gasteiger partial charge in [0, 0.05) is 10.4 Å². The molecule has 0 aliphatic carbocycles. The molecule has 1 rings (SSSR count). The Morgan fingerprint density at radius 1 is 1.50 bits per heavy atom. The molecule has 0 aromatic carbocycles. The Kier molecular flexibility index (Phi) is 4.35. The number of thiophene rings is 1. The molecular formula is C12H21N3S. The number of hydrogen-bond donors (Lipinski definition) is 2. The van der Waals surface area contributed by atoms with Gasteiger partial charge in [-0.3, -0.25) is 0 Å². The number of nitrogens with zero attached hydrogens (tertiary/aromatic N) is 1.